The summed E-state index contributed by atoms with van der Waals surface area (Å²) in [6.45, 7) is 13.3. The Morgan fingerprint density at radius 1 is 0.489 bits per heavy atom. The molecule has 22 nitrogen and oxygen atoms in total. The van der Waals surface area contributed by atoms with E-state index in [0.717, 1.165) is 15.9 Å². The minimum Gasteiger partial charge on any atom is -0.457 e. The highest BCUT2D eigenvalue weighted by Gasteiger charge is 2.50. The number of aliphatic hydroxyl groups excluding tert-OH is 1. The second kappa shape index (κ2) is 27.3. The normalized spacial score (nSPS) is 13.9. The van der Waals surface area contributed by atoms with Gasteiger partial charge in [-0.1, -0.05) is 93.6 Å². The molecule has 0 aliphatic carbocycles. The van der Waals surface area contributed by atoms with Crippen LogP contribution in [0.15, 0.2) is 171 Å². The molecule has 470 valence electrons. The molecular formula is C60H67ClN4O18S4Si. The molecule has 7 aromatic carbocycles. The van der Waals surface area contributed by atoms with Gasteiger partial charge >= 0.3 is 17.9 Å². The van der Waals surface area contributed by atoms with Gasteiger partial charge in [0.1, 0.15) is 19.8 Å². The Morgan fingerprint density at radius 3 is 1.20 bits per heavy atom. The van der Waals surface area contributed by atoms with Gasteiger partial charge in [0.05, 0.1) is 60.7 Å². The number of aliphatic hydroxyl groups is 3. The van der Waals surface area contributed by atoms with E-state index in [1.807, 2.05) is 36.4 Å². The van der Waals surface area contributed by atoms with Crippen molar-refractivity contribution >= 4 is 92.1 Å². The van der Waals surface area contributed by atoms with Crippen LogP contribution in [0.1, 0.15) is 118 Å². The minimum atomic E-state index is -3.90. The zero-order chi connectivity index (χ0) is 65.6. The molecule has 3 aliphatic rings. The average Bonchev–Trinajstić information content (AvgIpc) is 2.85. The van der Waals surface area contributed by atoms with Crippen molar-refractivity contribution < 1.29 is 82.0 Å². The van der Waals surface area contributed by atoms with Gasteiger partial charge in [-0.3, -0.25) is 0 Å². The Balaban J connectivity index is 0.000000189. The van der Waals surface area contributed by atoms with Crippen LogP contribution in [0, 0.1) is 0 Å². The van der Waals surface area contributed by atoms with E-state index in [2.05, 4.69) is 45.0 Å². The minimum absolute atomic E-state index is 0.00320. The number of primary sulfonamides is 3. The fraction of sp³-hybridized carbons (Fsp3) is 0.250. The summed E-state index contributed by atoms with van der Waals surface area (Å²) in [4.78, 5) is 32.9. The number of ether oxygens (including phenoxy) is 3. The first-order chi connectivity index (χ1) is 40.7. The van der Waals surface area contributed by atoms with Gasteiger partial charge in [0.2, 0.25) is 30.1 Å². The third-order valence-electron chi connectivity index (χ3n) is 13.8. The quantitative estimate of drug-likeness (QED) is 0.0245. The van der Waals surface area contributed by atoms with E-state index in [1.54, 1.807) is 52.0 Å². The maximum Gasteiger partial charge on any atom is 0.338 e. The lowest BCUT2D eigenvalue weighted by Crippen LogP contribution is -2.66. The van der Waals surface area contributed by atoms with Gasteiger partial charge in [0.15, 0.2) is 0 Å². The highest BCUT2D eigenvalue weighted by molar-refractivity contribution is 8.13. The van der Waals surface area contributed by atoms with Gasteiger partial charge in [-0.05, 0) is 144 Å². The van der Waals surface area contributed by atoms with Crippen molar-refractivity contribution in [3.05, 3.63) is 207 Å². The molecule has 7 aromatic rings. The number of sulfonamides is 3. The Labute approximate surface area is 516 Å². The van der Waals surface area contributed by atoms with Gasteiger partial charge in [-0.15, -0.1) is 0 Å². The molecule has 28 heteroatoms. The molecule has 0 spiro atoms. The fourth-order valence-corrected chi connectivity index (χ4v) is 16.6. The lowest BCUT2D eigenvalue weighted by Gasteiger charge is -2.43. The summed E-state index contributed by atoms with van der Waals surface area (Å²) >= 11 is 0. The van der Waals surface area contributed by atoms with Crippen molar-refractivity contribution in [2.45, 2.75) is 117 Å². The lowest BCUT2D eigenvalue weighted by molar-refractivity contribution is 0.0526. The number of nitrogen functional groups attached to an aromatic ring is 1. The first-order valence-corrected chi connectivity index (χ1v) is 35.3. The van der Waals surface area contributed by atoms with Crippen LogP contribution in [0.3, 0.4) is 0 Å². The molecule has 0 aromatic heterocycles. The molecular weight excluding hydrogens is 1260 g/mol. The number of rotatable bonds is 12. The number of hydrogen-bond acceptors (Lipinski definition) is 19. The Hall–Kier alpha value is -7.22. The molecule has 3 aliphatic heterocycles. The summed E-state index contributed by atoms with van der Waals surface area (Å²) in [6, 6.07) is 42.2. The molecule has 0 saturated heterocycles. The highest BCUT2D eigenvalue weighted by atomic mass is 35.7. The molecule has 0 amide bonds. The number of cyclic esters (lactones) is 3. The van der Waals surface area contributed by atoms with Crippen LogP contribution in [0.4, 0.5) is 5.69 Å². The van der Waals surface area contributed by atoms with Crippen molar-refractivity contribution in [1.29, 1.82) is 0 Å². The van der Waals surface area contributed by atoms with Crippen LogP contribution in [0.5, 0.6) is 0 Å². The number of hydrogen-bond donors (Lipinski definition) is 7. The van der Waals surface area contributed by atoms with E-state index in [-0.39, 0.29) is 57.0 Å². The summed E-state index contributed by atoms with van der Waals surface area (Å²) in [5.41, 5.74) is 9.31. The molecule has 11 N–H and O–H groups in total. The topological polar surface area (TPSA) is 389 Å². The zero-order valence-electron chi connectivity index (χ0n) is 48.8. The van der Waals surface area contributed by atoms with Crippen molar-refractivity contribution in [1.82, 2.24) is 0 Å². The number of anilines is 1. The molecule has 3 heterocycles. The van der Waals surface area contributed by atoms with E-state index in [1.165, 1.54) is 66.7 Å². The first-order valence-electron chi connectivity index (χ1n) is 26.4. The Kier molecular flexibility index (Phi) is 21.6. The molecule has 88 heavy (non-hydrogen) atoms. The van der Waals surface area contributed by atoms with Gasteiger partial charge < -0.3 is 39.7 Å². The van der Waals surface area contributed by atoms with Crippen LogP contribution >= 0.6 is 10.7 Å². The average molecular weight is 1320 g/mol. The maximum atomic E-state index is 12.0. The van der Waals surface area contributed by atoms with Crippen LogP contribution < -0.4 is 31.5 Å². The predicted molar refractivity (Wildman–Crippen MR) is 330 cm³/mol. The maximum absolute atomic E-state index is 12.0. The first kappa shape index (κ1) is 69.9. The number of benzene rings is 7. The summed E-state index contributed by atoms with van der Waals surface area (Å²) in [5.74, 6) is -1.11. The number of halogens is 1. The Morgan fingerprint density at radius 2 is 0.830 bits per heavy atom. The van der Waals surface area contributed by atoms with Gasteiger partial charge in [0.25, 0.3) is 17.4 Å². The SMILES string of the molecule is CC(C)(O)c1ccc(S(N)(=O)=O)cc1CO.CC(C)(O)c1ccc(S(N)(=O)=O)cc1CO[Si](c1ccccc1)(c1ccccc1)C(C)(C)C.NS(=O)(=O)c1ccc2c(c1)COC2=O.Nc1ccc2c(c1)COC2=O.O=C1OCc2cc(S(=O)(=O)Cl)ccc21. The largest absolute Gasteiger partial charge is 0.457 e. The zero-order valence-corrected chi connectivity index (χ0v) is 53.8. The molecule has 10 rings (SSSR count). The number of carbonyl (C=O) groups excluding carboxylic acids is 3. The molecule has 0 bridgehead atoms. The highest BCUT2D eigenvalue weighted by Crippen LogP contribution is 2.39. The monoisotopic (exact) mass is 1320 g/mol. The molecule has 0 atom stereocenters. The van der Waals surface area contributed by atoms with Crippen molar-refractivity contribution in [2.24, 2.45) is 15.4 Å². The van der Waals surface area contributed by atoms with Crippen LogP contribution in [-0.4, -0.2) is 75.2 Å². The third-order valence-corrected chi connectivity index (χ3v) is 22.9. The van der Waals surface area contributed by atoms with Crippen molar-refractivity contribution in [3.63, 3.8) is 0 Å². The number of carbonyl (C=O) groups is 3. The number of fused-ring (bicyclic) bond motifs is 3. The fourth-order valence-electron chi connectivity index (χ4n) is 9.59. The van der Waals surface area contributed by atoms with E-state index in [4.69, 9.17) is 55.6 Å². The smallest absolute Gasteiger partial charge is 0.338 e. The molecule has 0 saturated carbocycles. The van der Waals surface area contributed by atoms with E-state index < -0.39 is 70.6 Å². The van der Waals surface area contributed by atoms with E-state index in [0.29, 0.717) is 62.4 Å². The van der Waals surface area contributed by atoms with Crippen molar-refractivity contribution in [3.8, 4) is 0 Å². The molecule has 0 unspecified atom stereocenters. The van der Waals surface area contributed by atoms with Crippen LogP contribution in [-0.2, 0) is 102 Å². The second-order valence-corrected chi connectivity index (χ2v) is 33.8. The standard InChI is InChI=1S/C26H33NO4SSi.C10H15NO4S.C8H5ClO4S.C8H7NO4S.C8H7NO2/c1-25(2,3)33(22-12-8-6-9-13-22,23-14-10-7-11-15-23)31-19-20-18-21(32(27,29)30)16-17-24(20)26(4,5)28;1-10(2,13)9-4-3-8(16(11,14)15)5-7(9)6-12;2*9-14(11,12)6-1-2-7-5(3-6)4-13-8(7)10;9-6-1-2-7-5(3-6)4-11-8(7)10/h6-18,28H,19H2,1-5H3,(H2,27,29,30);3-5,12-13H,6H2,1-2H3,(H2,11,14,15);1-3H,4H2;1-3H,4H2,(H2,9,11,12);1-3H,4,9H2. The predicted octanol–water partition coefficient (Wildman–Crippen LogP) is 5.92. The van der Waals surface area contributed by atoms with E-state index in [9.17, 15) is 58.3 Å². The summed E-state index contributed by atoms with van der Waals surface area (Å²) in [5, 5.41) is 47.0. The summed E-state index contributed by atoms with van der Waals surface area (Å²) in [7, 11) is -12.8. The van der Waals surface area contributed by atoms with E-state index >= 15 is 0 Å². The third kappa shape index (κ3) is 17.3. The van der Waals surface area contributed by atoms with Crippen LogP contribution in [0.25, 0.3) is 0 Å². The van der Waals surface area contributed by atoms with Gasteiger partial charge in [-0.25, -0.2) is 63.5 Å². The van der Waals surface area contributed by atoms with Crippen LogP contribution in [0.2, 0.25) is 5.04 Å². The second-order valence-electron chi connectivity index (χ2n) is 22.2. The molecule has 0 radical (unpaired) electrons. The Bertz CT molecular complexity index is 4100. The molecule has 0 fully saturated rings. The summed E-state index contributed by atoms with van der Waals surface area (Å²) < 4.78 is 111. The number of nitrogens with two attached hydrogens (primary N) is 4. The number of esters is 3. The van der Waals surface area contributed by atoms with Gasteiger partial charge in [-0.2, -0.15) is 0 Å². The summed E-state index contributed by atoms with van der Waals surface area (Å²) in [6.07, 6.45) is 0. The lowest BCUT2D eigenvalue weighted by atomic mass is 9.93. The van der Waals surface area contributed by atoms with Gasteiger partial charge in [0, 0.05) is 33.1 Å². The van der Waals surface area contributed by atoms with Crippen molar-refractivity contribution in [2.75, 3.05) is 5.73 Å².